The van der Waals surface area contributed by atoms with Crippen molar-refractivity contribution in [2.24, 2.45) is 0 Å². The summed E-state index contributed by atoms with van der Waals surface area (Å²) in [6.07, 6.45) is 0.544. The van der Waals surface area contributed by atoms with Gasteiger partial charge in [0.1, 0.15) is 0 Å². The zero-order valence-corrected chi connectivity index (χ0v) is 17.4. The lowest BCUT2D eigenvalue weighted by Crippen LogP contribution is -2.51. The molecule has 0 aromatic heterocycles. The molecule has 2 fully saturated rings. The Hall–Kier alpha value is -1.92. The fourth-order valence-electron chi connectivity index (χ4n) is 3.69. The third kappa shape index (κ3) is 5.32. The van der Waals surface area contributed by atoms with E-state index < -0.39 is 0 Å². The van der Waals surface area contributed by atoms with E-state index in [1.807, 2.05) is 34.1 Å². The van der Waals surface area contributed by atoms with Gasteiger partial charge in [0.2, 0.25) is 5.91 Å². The monoisotopic (exact) mass is 387 g/mol. The summed E-state index contributed by atoms with van der Waals surface area (Å²) in [6.45, 7) is 13.1. The third-order valence-electron chi connectivity index (χ3n) is 5.66. The van der Waals surface area contributed by atoms with E-state index in [-0.39, 0.29) is 17.2 Å². The molecule has 1 aromatic carbocycles. The fraction of sp³-hybridized carbons (Fsp3) is 0.636. The van der Waals surface area contributed by atoms with E-state index in [0.717, 1.165) is 38.4 Å². The van der Waals surface area contributed by atoms with Crippen LogP contribution in [0.25, 0.3) is 0 Å². The predicted octanol–water partition coefficient (Wildman–Crippen LogP) is 1.99. The molecule has 28 heavy (non-hydrogen) atoms. The Bertz CT molecular complexity index is 667. The molecule has 2 heterocycles. The van der Waals surface area contributed by atoms with Crippen LogP contribution in [0.3, 0.4) is 0 Å². The zero-order chi connectivity index (χ0) is 20.1. The summed E-state index contributed by atoms with van der Waals surface area (Å²) in [5, 5.41) is 0. The summed E-state index contributed by atoms with van der Waals surface area (Å²) in [7, 11) is 0. The molecule has 0 radical (unpaired) electrons. The first-order valence-electron chi connectivity index (χ1n) is 10.3. The number of benzene rings is 1. The van der Waals surface area contributed by atoms with Crippen LogP contribution < -0.4 is 0 Å². The average molecular weight is 388 g/mol. The van der Waals surface area contributed by atoms with E-state index in [1.165, 1.54) is 5.56 Å². The highest BCUT2D eigenvalue weighted by molar-refractivity contribution is 5.94. The molecule has 0 bridgehead atoms. The van der Waals surface area contributed by atoms with E-state index in [2.05, 4.69) is 25.7 Å². The standard InChI is InChI=1S/C22H33N3O3/c1-22(2,3)19-6-4-18(5-7-19)21(27)25-12-10-24(11-13-25)20(26)8-9-23-14-16-28-17-15-23/h4-7H,8-17H2,1-3H3. The lowest BCUT2D eigenvalue weighted by molar-refractivity contribution is -0.133. The van der Waals surface area contributed by atoms with Gasteiger partial charge in [0.05, 0.1) is 13.2 Å². The van der Waals surface area contributed by atoms with Crippen LogP contribution in [-0.2, 0) is 14.9 Å². The van der Waals surface area contributed by atoms with Crippen LogP contribution in [0.15, 0.2) is 24.3 Å². The minimum absolute atomic E-state index is 0.0564. The molecule has 154 valence electrons. The lowest BCUT2D eigenvalue weighted by atomic mass is 9.86. The number of carbonyl (C=O) groups excluding carboxylic acids is 2. The maximum absolute atomic E-state index is 12.8. The van der Waals surface area contributed by atoms with Gasteiger partial charge in [-0.15, -0.1) is 0 Å². The van der Waals surface area contributed by atoms with Crippen LogP contribution in [0.4, 0.5) is 0 Å². The molecule has 0 aliphatic carbocycles. The Kier molecular flexibility index (Phi) is 6.73. The Morgan fingerprint density at radius 2 is 1.46 bits per heavy atom. The fourth-order valence-corrected chi connectivity index (χ4v) is 3.69. The summed E-state index contributed by atoms with van der Waals surface area (Å²) in [4.78, 5) is 31.3. The summed E-state index contributed by atoms with van der Waals surface area (Å²) < 4.78 is 5.34. The lowest BCUT2D eigenvalue weighted by Gasteiger charge is -2.35. The molecular formula is C22H33N3O3. The van der Waals surface area contributed by atoms with Crippen LogP contribution in [0, 0.1) is 0 Å². The molecule has 2 amide bonds. The molecule has 0 atom stereocenters. The molecule has 0 saturated carbocycles. The minimum Gasteiger partial charge on any atom is -0.379 e. The highest BCUT2D eigenvalue weighted by Gasteiger charge is 2.25. The average Bonchev–Trinajstić information content (AvgIpc) is 2.72. The second-order valence-corrected chi connectivity index (χ2v) is 8.70. The maximum Gasteiger partial charge on any atom is 0.253 e. The van der Waals surface area contributed by atoms with Crippen LogP contribution in [0.5, 0.6) is 0 Å². The summed E-state index contributed by atoms with van der Waals surface area (Å²) in [5.74, 6) is 0.244. The predicted molar refractivity (Wildman–Crippen MR) is 110 cm³/mol. The first-order chi connectivity index (χ1) is 13.3. The summed E-state index contributed by atoms with van der Waals surface area (Å²) in [6, 6.07) is 7.92. The summed E-state index contributed by atoms with van der Waals surface area (Å²) >= 11 is 0. The number of nitrogens with zero attached hydrogens (tertiary/aromatic N) is 3. The number of rotatable bonds is 4. The van der Waals surface area contributed by atoms with Gasteiger partial charge in [-0.05, 0) is 23.1 Å². The molecule has 6 heteroatoms. The van der Waals surface area contributed by atoms with Gasteiger partial charge in [0.15, 0.2) is 0 Å². The number of ether oxygens (including phenoxy) is 1. The van der Waals surface area contributed by atoms with Crippen molar-refractivity contribution in [3.05, 3.63) is 35.4 Å². The van der Waals surface area contributed by atoms with Gasteiger partial charge in [-0.25, -0.2) is 0 Å². The van der Waals surface area contributed by atoms with Gasteiger partial charge in [0, 0.05) is 57.8 Å². The first kappa shape index (κ1) is 20.8. The molecule has 3 rings (SSSR count). The van der Waals surface area contributed by atoms with Gasteiger partial charge in [-0.3, -0.25) is 14.5 Å². The quantitative estimate of drug-likeness (QED) is 0.793. The number of amides is 2. The molecule has 1 aromatic rings. The number of carbonyl (C=O) groups is 2. The minimum atomic E-state index is 0.0564. The van der Waals surface area contributed by atoms with E-state index >= 15 is 0 Å². The Morgan fingerprint density at radius 1 is 0.893 bits per heavy atom. The van der Waals surface area contributed by atoms with Crippen molar-refractivity contribution in [3.63, 3.8) is 0 Å². The van der Waals surface area contributed by atoms with Crippen molar-refractivity contribution >= 4 is 11.8 Å². The molecule has 6 nitrogen and oxygen atoms in total. The molecule has 0 spiro atoms. The number of morpholine rings is 1. The van der Waals surface area contributed by atoms with Gasteiger partial charge in [-0.2, -0.15) is 0 Å². The van der Waals surface area contributed by atoms with Crippen LogP contribution in [0.2, 0.25) is 0 Å². The second kappa shape index (κ2) is 9.05. The second-order valence-electron chi connectivity index (χ2n) is 8.70. The Morgan fingerprint density at radius 3 is 2.04 bits per heavy atom. The van der Waals surface area contributed by atoms with E-state index in [9.17, 15) is 9.59 Å². The Balaban J connectivity index is 1.46. The molecular weight excluding hydrogens is 354 g/mol. The van der Waals surface area contributed by atoms with E-state index in [4.69, 9.17) is 4.74 Å². The van der Waals surface area contributed by atoms with Gasteiger partial charge < -0.3 is 14.5 Å². The molecule has 2 aliphatic heterocycles. The van der Waals surface area contributed by atoms with Gasteiger partial charge in [-0.1, -0.05) is 32.9 Å². The maximum atomic E-state index is 12.8. The topological polar surface area (TPSA) is 53.1 Å². The number of piperazine rings is 1. The molecule has 0 N–H and O–H groups in total. The highest BCUT2D eigenvalue weighted by atomic mass is 16.5. The van der Waals surface area contributed by atoms with Gasteiger partial charge >= 0.3 is 0 Å². The largest absolute Gasteiger partial charge is 0.379 e. The molecule has 0 unspecified atom stereocenters. The molecule has 2 saturated heterocycles. The third-order valence-corrected chi connectivity index (χ3v) is 5.66. The SMILES string of the molecule is CC(C)(C)c1ccc(C(=O)N2CCN(C(=O)CCN3CCOCC3)CC2)cc1. The zero-order valence-electron chi connectivity index (χ0n) is 17.4. The Labute approximate surface area is 168 Å². The first-order valence-corrected chi connectivity index (χ1v) is 10.3. The van der Waals surface area contributed by atoms with E-state index in [0.29, 0.717) is 32.6 Å². The van der Waals surface area contributed by atoms with Crippen LogP contribution in [0.1, 0.15) is 43.1 Å². The van der Waals surface area contributed by atoms with Crippen molar-refractivity contribution in [3.8, 4) is 0 Å². The smallest absolute Gasteiger partial charge is 0.253 e. The van der Waals surface area contributed by atoms with Crippen molar-refractivity contribution in [2.75, 3.05) is 59.0 Å². The van der Waals surface area contributed by atoms with E-state index in [1.54, 1.807) is 0 Å². The van der Waals surface area contributed by atoms with Gasteiger partial charge in [0.25, 0.3) is 5.91 Å². The normalized spacial score (nSPS) is 19.0. The number of hydrogen-bond donors (Lipinski definition) is 0. The molecule has 2 aliphatic rings. The van der Waals surface area contributed by atoms with Crippen molar-refractivity contribution < 1.29 is 14.3 Å². The highest BCUT2D eigenvalue weighted by Crippen LogP contribution is 2.22. The van der Waals surface area contributed by atoms with Crippen molar-refractivity contribution in [1.29, 1.82) is 0 Å². The van der Waals surface area contributed by atoms with Crippen LogP contribution >= 0.6 is 0 Å². The van der Waals surface area contributed by atoms with Crippen molar-refractivity contribution in [2.45, 2.75) is 32.6 Å². The summed E-state index contributed by atoms with van der Waals surface area (Å²) in [5.41, 5.74) is 2.02. The number of hydrogen-bond acceptors (Lipinski definition) is 4. The van der Waals surface area contributed by atoms with Crippen molar-refractivity contribution in [1.82, 2.24) is 14.7 Å². The van der Waals surface area contributed by atoms with Crippen LogP contribution in [-0.4, -0.2) is 85.5 Å².